The molecule has 1 aromatic rings. The molecule has 0 aliphatic rings. The van der Waals surface area contributed by atoms with E-state index < -0.39 is 0 Å². The second-order valence-corrected chi connectivity index (χ2v) is 3.84. The molecule has 1 aromatic carbocycles. The second kappa shape index (κ2) is 4.94. The molecule has 0 radical (unpaired) electrons. The number of halogens is 1. The highest BCUT2D eigenvalue weighted by atomic mass is 35.5. The topological polar surface area (TPSA) is 0 Å². The van der Waals surface area contributed by atoms with Crippen molar-refractivity contribution in [3.05, 3.63) is 34.9 Å². The van der Waals surface area contributed by atoms with Crippen molar-refractivity contribution in [1.29, 1.82) is 0 Å². The van der Waals surface area contributed by atoms with Crippen molar-refractivity contribution < 1.29 is 0 Å². The molecular formula is C12H13Cl. The quantitative estimate of drug-likeness (QED) is 0.595. The van der Waals surface area contributed by atoms with Gasteiger partial charge >= 0.3 is 0 Å². The molecule has 0 amide bonds. The normalized spacial score (nSPS) is 9.54. The summed E-state index contributed by atoms with van der Waals surface area (Å²) in [7, 11) is 0. The Bertz CT molecular complexity index is 311. The van der Waals surface area contributed by atoms with Crippen LogP contribution in [0.5, 0.6) is 0 Å². The summed E-state index contributed by atoms with van der Waals surface area (Å²) in [6.07, 6.45) is 0.947. The Kier molecular flexibility index (Phi) is 3.86. The van der Waals surface area contributed by atoms with Gasteiger partial charge in [0, 0.05) is 17.0 Å². The van der Waals surface area contributed by atoms with E-state index in [9.17, 15) is 0 Å². The Morgan fingerprint density at radius 3 is 2.38 bits per heavy atom. The molecule has 0 N–H and O–H groups in total. The number of hydrogen-bond acceptors (Lipinski definition) is 0. The predicted molar refractivity (Wildman–Crippen MR) is 57.8 cm³/mol. The molecule has 0 spiro atoms. The molecule has 1 heteroatoms. The minimum atomic E-state index is 0.639. The third-order valence-electron chi connectivity index (χ3n) is 1.59. The Hall–Kier alpha value is -0.930. The van der Waals surface area contributed by atoms with Crippen molar-refractivity contribution in [2.45, 2.75) is 20.3 Å². The lowest BCUT2D eigenvalue weighted by Crippen LogP contribution is -1.82. The molecule has 0 saturated carbocycles. The molecule has 0 saturated heterocycles. The van der Waals surface area contributed by atoms with Crippen LogP contribution < -0.4 is 0 Å². The van der Waals surface area contributed by atoms with Gasteiger partial charge in [-0.3, -0.25) is 0 Å². The molecule has 68 valence electrons. The summed E-state index contributed by atoms with van der Waals surface area (Å²) in [5, 5.41) is 0.759. The fourth-order valence-electron chi connectivity index (χ4n) is 0.890. The van der Waals surface area contributed by atoms with E-state index in [0.717, 1.165) is 17.0 Å². The van der Waals surface area contributed by atoms with Crippen molar-refractivity contribution in [2.24, 2.45) is 5.92 Å². The highest BCUT2D eigenvalue weighted by Crippen LogP contribution is 2.08. The first-order valence-corrected chi connectivity index (χ1v) is 4.80. The van der Waals surface area contributed by atoms with E-state index in [1.165, 1.54) is 0 Å². The van der Waals surface area contributed by atoms with E-state index in [1.54, 1.807) is 0 Å². The van der Waals surface area contributed by atoms with E-state index in [1.807, 2.05) is 24.3 Å². The van der Waals surface area contributed by atoms with E-state index in [-0.39, 0.29) is 0 Å². The number of benzene rings is 1. The first kappa shape index (κ1) is 10.2. The largest absolute Gasteiger partial charge is 0.0976 e. The van der Waals surface area contributed by atoms with Crippen LogP contribution in [0.15, 0.2) is 24.3 Å². The van der Waals surface area contributed by atoms with Crippen molar-refractivity contribution in [1.82, 2.24) is 0 Å². The molecule has 0 aliphatic carbocycles. The highest BCUT2D eigenvalue weighted by molar-refractivity contribution is 6.30. The molecule has 0 nitrogen and oxygen atoms in total. The first-order chi connectivity index (χ1) is 6.18. The Morgan fingerprint density at radius 1 is 1.23 bits per heavy atom. The second-order valence-electron chi connectivity index (χ2n) is 3.41. The average molecular weight is 193 g/mol. The lowest BCUT2D eigenvalue weighted by atomic mass is 10.1. The predicted octanol–water partition coefficient (Wildman–Crippen LogP) is 3.74. The minimum Gasteiger partial charge on any atom is -0.0976 e. The summed E-state index contributed by atoms with van der Waals surface area (Å²) in [6.45, 7) is 4.33. The van der Waals surface area contributed by atoms with Crippen molar-refractivity contribution >= 4 is 11.6 Å². The molecular weight excluding hydrogens is 180 g/mol. The van der Waals surface area contributed by atoms with Crippen molar-refractivity contribution in [3.63, 3.8) is 0 Å². The smallest absolute Gasteiger partial charge is 0.0406 e. The van der Waals surface area contributed by atoms with Crippen LogP contribution in [-0.4, -0.2) is 0 Å². The summed E-state index contributed by atoms with van der Waals surface area (Å²) in [6, 6.07) is 7.60. The number of hydrogen-bond donors (Lipinski definition) is 0. The molecule has 0 heterocycles. The van der Waals surface area contributed by atoms with Crippen LogP contribution in [0.25, 0.3) is 0 Å². The standard InChI is InChI=1S/C12H13Cl/c1-10(2)4-3-5-11-6-8-12(13)9-7-11/h6-10H,4H2,1-2H3. The molecule has 0 atom stereocenters. The van der Waals surface area contributed by atoms with Crippen LogP contribution in [0.3, 0.4) is 0 Å². The van der Waals surface area contributed by atoms with Crippen LogP contribution in [0.2, 0.25) is 5.02 Å². The van der Waals surface area contributed by atoms with Crippen LogP contribution >= 0.6 is 11.6 Å². The van der Waals surface area contributed by atoms with Gasteiger partial charge in [0.25, 0.3) is 0 Å². The monoisotopic (exact) mass is 192 g/mol. The molecule has 0 bridgehead atoms. The van der Waals surface area contributed by atoms with Gasteiger partial charge in [-0.15, -0.1) is 0 Å². The SMILES string of the molecule is CC(C)CC#Cc1ccc(Cl)cc1. The minimum absolute atomic E-state index is 0.639. The first-order valence-electron chi connectivity index (χ1n) is 4.43. The van der Waals surface area contributed by atoms with E-state index in [4.69, 9.17) is 11.6 Å². The van der Waals surface area contributed by atoms with Crippen LogP contribution in [0.4, 0.5) is 0 Å². The van der Waals surface area contributed by atoms with E-state index in [0.29, 0.717) is 5.92 Å². The van der Waals surface area contributed by atoms with E-state index in [2.05, 4.69) is 25.7 Å². The van der Waals surface area contributed by atoms with Crippen LogP contribution in [0, 0.1) is 17.8 Å². The molecule has 0 aromatic heterocycles. The summed E-state index contributed by atoms with van der Waals surface area (Å²) in [4.78, 5) is 0. The fourth-order valence-corrected chi connectivity index (χ4v) is 1.02. The maximum absolute atomic E-state index is 5.75. The Balaban J connectivity index is 2.62. The highest BCUT2D eigenvalue weighted by Gasteiger charge is 1.88. The van der Waals surface area contributed by atoms with Gasteiger partial charge in [-0.2, -0.15) is 0 Å². The lowest BCUT2D eigenvalue weighted by Gasteiger charge is -1.93. The third-order valence-corrected chi connectivity index (χ3v) is 1.84. The van der Waals surface area contributed by atoms with E-state index >= 15 is 0 Å². The van der Waals surface area contributed by atoms with Crippen molar-refractivity contribution in [3.8, 4) is 11.8 Å². The summed E-state index contributed by atoms with van der Waals surface area (Å²) < 4.78 is 0. The van der Waals surface area contributed by atoms with Gasteiger partial charge in [0.05, 0.1) is 0 Å². The molecule has 0 unspecified atom stereocenters. The van der Waals surface area contributed by atoms with Gasteiger partial charge in [0.15, 0.2) is 0 Å². The summed E-state index contributed by atoms with van der Waals surface area (Å²) in [5.74, 6) is 6.86. The molecule has 13 heavy (non-hydrogen) atoms. The summed E-state index contributed by atoms with van der Waals surface area (Å²) in [5.41, 5.74) is 1.03. The van der Waals surface area contributed by atoms with Crippen LogP contribution in [-0.2, 0) is 0 Å². The molecule has 1 rings (SSSR count). The fraction of sp³-hybridized carbons (Fsp3) is 0.333. The zero-order valence-corrected chi connectivity index (χ0v) is 8.73. The molecule has 0 fully saturated rings. The van der Waals surface area contributed by atoms with Gasteiger partial charge < -0.3 is 0 Å². The zero-order chi connectivity index (χ0) is 9.68. The maximum atomic E-state index is 5.75. The third kappa shape index (κ3) is 4.01. The van der Waals surface area contributed by atoms with Crippen molar-refractivity contribution in [2.75, 3.05) is 0 Å². The number of rotatable bonds is 1. The Labute approximate surface area is 84.9 Å². The molecule has 0 aliphatic heterocycles. The van der Waals surface area contributed by atoms with Crippen LogP contribution in [0.1, 0.15) is 25.8 Å². The average Bonchev–Trinajstić information content (AvgIpc) is 2.08. The van der Waals surface area contributed by atoms with Gasteiger partial charge in [-0.05, 0) is 30.2 Å². The lowest BCUT2D eigenvalue weighted by molar-refractivity contribution is 0.676. The van der Waals surface area contributed by atoms with Gasteiger partial charge in [0.2, 0.25) is 0 Å². The zero-order valence-electron chi connectivity index (χ0n) is 7.97. The van der Waals surface area contributed by atoms with Gasteiger partial charge in [0.1, 0.15) is 0 Å². The van der Waals surface area contributed by atoms with Gasteiger partial charge in [-0.25, -0.2) is 0 Å². The Morgan fingerprint density at radius 2 is 1.85 bits per heavy atom. The maximum Gasteiger partial charge on any atom is 0.0406 e. The summed E-state index contributed by atoms with van der Waals surface area (Å²) >= 11 is 5.75. The van der Waals surface area contributed by atoms with Gasteiger partial charge in [-0.1, -0.05) is 37.3 Å².